The van der Waals surface area contributed by atoms with Crippen molar-refractivity contribution in [3.63, 3.8) is 0 Å². The first kappa shape index (κ1) is 27.0. The van der Waals surface area contributed by atoms with E-state index in [4.69, 9.17) is 9.47 Å². The van der Waals surface area contributed by atoms with Crippen LogP contribution in [-0.4, -0.2) is 49.8 Å². The second-order valence-corrected chi connectivity index (χ2v) is 10.1. The zero-order chi connectivity index (χ0) is 27.0. The van der Waals surface area contributed by atoms with Crippen molar-refractivity contribution < 1.29 is 31.8 Å². The highest BCUT2D eigenvalue weighted by Crippen LogP contribution is 2.51. The van der Waals surface area contributed by atoms with Gasteiger partial charge in [0.25, 0.3) is 0 Å². The number of nitrogens with one attached hydrogen (secondary N) is 2. The van der Waals surface area contributed by atoms with Gasteiger partial charge in [-0.05, 0) is 82.0 Å². The largest absolute Gasteiger partial charge is 0.493 e. The summed E-state index contributed by atoms with van der Waals surface area (Å²) in [5.41, 5.74) is -0.508. The maximum absolute atomic E-state index is 14.1. The summed E-state index contributed by atoms with van der Waals surface area (Å²) in [4.78, 5) is 15.1. The molecule has 2 N–H and O–H groups in total. The van der Waals surface area contributed by atoms with Crippen LogP contribution in [0.2, 0.25) is 0 Å². The molecule has 2 aromatic carbocycles. The molecule has 3 unspecified atom stereocenters. The van der Waals surface area contributed by atoms with Gasteiger partial charge in [-0.3, -0.25) is 4.90 Å². The van der Waals surface area contributed by atoms with Gasteiger partial charge in [0.15, 0.2) is 11.5 Å². The molecule has 37 heavy (non-hydrogen) atoms. The molecule has 1 heterocycles. The van der Waals surface area contributed by atoms with Gasteiger partial charge in [-0.15, -0.1) is 0 Å². The van der Waals surface area contributed by atoms with Crippen LogP contribution in [0.25, 0.3) is 0 Å². The fraction of sp³-hybridized carbons (Fsp3) is 0.519. The Hall–Kier alpha value is -3.01. The Morgan fingerprint density at radius 3 is 2.46 bits per heavy atom. The lowest BCUT2D eigenvalue weighted by Gasteiger charge is -2.46. The minimum absolute atomic E-state index is 0.133. The van der Waals surface area contributed by atoms with E-state index >= 15 is 0 Å². The maximum Gasteiger partial charge on any atom is 0.416 e. The number of amides is 2. The number of ether oxygens (including phenoxy) is 2. The SMILES string of the molecule is COc1ccc(C23CCC(NC(=O)Nc4cc(C(F)(F)F)ccc4F)CC2N(C(C)C)CC3)cc1OC. The van der Waals surface area contributed by atoms with E-state index < -0.39 is 29.3 Å². The number of fused-ring (bicyclic) bond motifs is 1. The number of likely N-dealkylation sites (tertiary alicyclic amines) is 1. The second-order valence-electron chi connectivity index (χ2n) is 10.1. The number of hydrogen-bond donors (Lipinski definition) is 2. The summed E-state index contributed by atoms with van der Waals surface area (Å²) in [5.74, 6) is 0.395. The van der Waals surface area contributed by atoms with E-state index in [0.717, 1.165) is 24.9 Å². The summed E-state index contributed by atoms with van der Waals surface area (Å²) >= 11 is 0. The topological polar surface area (TPSA) is 62.8 Å². The van der Waals surface area contributed by atoms with Gasteiger partial charge in [-0.2, -0.15) is 13.2 Å². The number of urea groups is 1. The van der Waals surface area contributed by atoms with E-state index in [-0.39, 0.29) is 17.5 Å². The summed E-state index contributed by atoms with van der Waals surface area (Å²) in [6, 6.07) is 7.47. The van der Waals surface area contributed by atoms with Crippen LogP contribution in [0.5, 0.6) is 11.5 Å². The van der Waals surface area contributed by atoms with Gasteiger partial charge in [0.05, 0.1) is 25.5 Å². The molecule has 2 aromatic rings. The molecule has 10 heteroatoms. The van der Waals surface area contributed by atoms with Gasteiger partial charge in [0.1, 0.15) is 5.82 Å². The highest BCUT2D eigenvalue weighted by molar-refractivity contribution is 5.89. The van der Waals surface area contributed by atoms with Crippen molar-refractivity contribution in [2.24, 2.45) is 0 Å². The molecular formula is C27H33F4N3O3. The van der Waals surface area contributed by atoms with E-state index in [1.165, 1.54) is 0 Å². The second kappa shape index (κ2) is 10.4. The van der Waals surface area contributed by atoms with Crippen LogP contribution < -0.4 is 20.1 Å². The van der Waals surface area contributed by atoms with Gasteiger partial charge in [-0.1, -0.05) is 6.07 Å². The van der Waals surface area contributed by atoms with Crippen molar-refractivity contribution in [3.05, 3.63) is 53.3 Å². The average Bonchev–Trinajstić information content (AvgIpc) is 3.24. The Bertz CT molecular complexity index is 1140. The van der Waals surface area contributed by atoms with Crippen LogP contribution in [0, 0.1) is 5.82 Å². The van der Waals surface area contributed by atoms with Crippen molar-refractivity contribution in [2.75, 3.05) is 26.1 Å². The lowest BCUT2D eigenvalue weighted by molar-refractivity contribution is -0.137. The number of carbonyl (C=O) groups excluding carboxylic acids is 1. The van der Waals surface area contributed by atoms with Crippen molar-refractivity contribution in [2.45, 2.75) is 69.2 Å². The third kappa shape index (κ3) is 5.35. The number of benzene rings is 2. The Kier molecular flexibility index (Phi) is 7.60. The molecule has 0 bridgehead atoms. The number of alkyl halides is 3. The molecule has 2 amide bonds. The van der Waals surface area contributed by atoms with Crippen LogP contribution in [0.1, 0.15) is 50.7 Å². The maximum atomic E-state index is 14.1. The van der Waals surface area contributed by atoms with Crippen molar-refractivity contribution >= 4 is 11.7 Å². The van der Waals surface area contributed by atoms with Crippen LogP contribution in [0.4, 0.5) is 28.0 Å². The van der Waals surface area contributed by atoms with Crippen LogP contribution in [-0.2, 0) is 11.6 Å². The van der Waals surface area contributed by atoms with E-state index in [0.29, 0.717) is 48.6 Å². The first-order chi connectivity index (χ1) is 17.5. The van der Waals surface area contributed by atoms with Crippen LogP contribution >= 0.6 is 0 Å². The zero-order valence-electron chi connectivity index (χ0n) is 21.4. The molecule has 0 spiro atoms. The number of nitrogens with zero attached hydrogens (tertiary/aromatic N) is 1. The molecule has 1 aliphatic carbocycles. The van der Waals surface area contributed by atoms with Gasteiger partial charge in [0, 0.05) is 23.5 Å². The third-order valence-corrected chi connectivity index (χ3v) is 7.80. The fourth-order valence-electron chi connectivity index (χ4n) is 5.96. The molecule has 1 saturated carbocycles. The quantitative estimate of drug-likeness (QED) is 0.459. The molecule has 1 saturated heterocycles. The molecule has 0 aromatic heterocycles. The standard InChI is InChI=1S/C27H33F4N3O3/c1-16(2)34-12-11-26(17-6-8-22(36-3)23(14-17)37-4)10-9-19(15-24(26)34)32-25(35)33-21-13-18(27(29,30)31)5-7-20(21)28/h5-8,13-14,16,19,24H,9-12,15H2,1-4H3,(H2,32,33,35). The van der Waals surface area contributed by atoms with E-state index in [1.807, 2.05) is 12.1 Å². The third-order valence-electron chi connectivity index (χ3n) is 7.80. The fourth-order valence-corrected chi connectivity index (χ4v) is 5.96. The van der Waals surface area contributed by atoms with E-state index in [1.54, 1.807) is 14.2 Å². The van der Waals surface area contributed by atoms with Crippen LogP contribution in [0.3, 0.4) is 0 Å². The minimum atomic E-state index is -4.64. The molecule has 6 nitrogen and oxygen atoms in total. The summed E-state index contributed by atoms with van der Waals surface area (Å²) in [5, 5.41) is 5.13. The zero-order valence-corrected chi connectivity index (χ0v) is 21.4. The molecule has 0 radical (unpaired) electrons. The predicted octanol–water partition coefficient (Wildman–Crippen LogP) is 5.96. The first-order valence-electron chi connectivity index (χ1n) is 12.4. The lowest BCUT2D eigenvalue weighted by Crippen LogP contribution is -2.54. The summed E-state index contributed by atoms with van der Waals surface area (Å²) < 4.78 is 64.2. The number of carbonyl (C=O) groups is 1. The Morgan fingerprint density at radius 1 is 1.08 bits per heavy atom. The van der Waals surface area contributed by atoms with E-state index in [2.05, 4.69) is 35.4 Å². The Labute approximate surface area is 214 Å². The van der Waals surface area contributed by atoms with Crippen LogP contribution in [0.15, 0.2) is 36.4 Å². The van der Waals surface area contributed by atoms with Crippen molar-refractivity contribution in [1.82, 2.24) is 10.2 Å². The smallest absolute Gasteiger partial charge is 0.416 e. The van der Waals surface area contributed by atoms with Gasteiger partial charge < -0.3 is 20.1 Å². The lowest BCUT2D eigenvalue weighted by atomic mass is 9.65. The Balaban J connectivity index is 1.53. The van der Waals surface area contributed by atoms with Crippen molar-refractivity contribution in [1.29, 1.82) is 0 Å². The Morgan fingerprint density at radius 2 is 1.81 bits per heavy atom. The molecular weight excluding hydrogens is 490 g/mol. The minimum Gasteiger partial charge on any atom is -0.493 e. The number of methoxy groups -OCH3 is 2. The monoisotopic (exact) mass is 523 g/mol. The molecule has 4 rings (SSSR count). The molecule has 2 fully saturated rings. The normalized spacial score (nSPS) is 24.0. The summed E-state index contributed by atoms with van der Waals surface area (Å²) in [7, 11) is 3.21. The van der Waals surface area contributed by atoms with Gasteiger partial charge in [0.2, 0.25) is 0 Å². The number of halogens is 4. The van der Waals surface area contributed by atoms with E-state index in [9.17, 15) is 22.4 Å². The highest BCUT2D eigenvalue weighted by atomic mass is 19.4. The highest BCUT2D eigenvalue weighted by Gasteiger charge is 2.52. The first-order valence-corrected chi connectivity index (χ1v) is 12.4. The number of hydrogen-bond acceptors (Lipinski definition) is 4. The summed E-state index contributed by atoms with van der Waals surface area (Å²) in [6.45, 7) is 5.20. The molecule has 3 atom stereocenters. The van der Waals surface area contributed by atoms with Gasteiger partial charge in [-0.25, -0.2) is 9.18 Å². The molecule has 2 aliphatic rings. The van der Waals surface area contributed by atoms with Gasteiger partial charge >= 0.3 is 12.2 Å². The predicted molar refractivity (Wildman–Crippen MR) is 133 cm³/mol. The van der Waals surface area contributed by atoms with Crippen molar-refractivity contribution in [3.8, 4) is 11.5 Å². The number of rotatable bonds is 6. The molecule has 202 valence electrons. The summed E-state index contributed by atoms with van der Waals surface area (Å²) in [6.07, 6.45) is -1.54. The average molecular weight is 524 g/mol. The molecule has 1 aliphatic heterocycles. The number of anilines is 1.